The fourth-order valence-corrected chi connectivity index (χ4v) is 1.84. The number of nitrogens with one attached hydrogen (secondary N) is 1. The summed E-state index contributed by atoms with van der Waals surface area (Å²) in [6.07, 6.45) is 4.68. The average Bonchev–Trinajstić information content (AvgIpc) is 3.27. The van der Waals surface area contributed by atoms with Crippen molar-refractivity contribution in [3.63, 3.8) is 0 Å². The van der Waals surface area contributed by atoms with Gasteiger partial charge in [-0.2, -0.15) is 0 Å². The van der Waals surface area contributed by atoms with Crippen molar-refractivity contribution in [1.29, 1.82) is 0 Å². The van der Waals surface area contributed by atoms with E-state index >= 15 is 0 Å². The smallest absolute Gasteiger partial charge is 0.248 e. The van der Waals surface area contributed by atoms with Crippen LogP contribution in [0.3, 0.4) is 0 Å². The highest BCUT2D eigenvalue weighted by molar-refractivity contribution is 5.94. The van der Waals surface area contributed by atoms with Gasteiger partial charge >= 0.3 is 0 Å². The Balaban J connectivity index is 1.81. The maximum atomic E-state index is 11.6. The zero-order valence-electron chi connectivity index (χ0n) is 11.1. The van der Waals surface area contributed by atoms with Crippen molar-refractivity contribution < 1.29 is 14.7 Å². The van der Waals surface area contributed by atoms with Crippen LogP contribution in [-0.4, -0.2) is 29.6 Å². The summed E-state index contributed by atoms with van der Waals surface area (Å²) in [6.45, 7) is 0.286. The topological polar surface area (TPSA) is 92.4 Å². The molecule has 2 amide bonds. The van der Waals surface area contributed by atoms with Gasteiger partial charge in [0.2, 0.25) is 11.8 Å². The summed E-state index contributed by atoms with van der Waals surface area (Å²) in [5.41, 5.74) is 6.37. The third-order valence-corrected chi connectivity index (χ3v) is 3.27. The van der Waals surface area contributed by atoms with Crippen LogP contribution < -0.4 is 11.1 Å². The number of carbonyl (C=O) groups is 2. The lowest BCUT2D eigenvalue weighted by molar-refractivity contribution is -0.116. The molecule has 5 nitrogen and oxygen atoms in total. The summed E-state index contributed by atoms with van der Waals surface area (Å²) in [5, 5.41) is 12.3. The Kier molecular flexibility index (Phi) is 4.53. The first-order valence-electron chi connectivity index (χ1n) is 6.60. The summed E-state index contributed by atoms with van der Waals surface area (Å²) in [6, 6.07) is 6.64. The van der Waals surface area contributed by atoms with Crippen molar-refractivity contribution >= 4 is 17.9 Å². The summed E-state index contributed by atoms with van der Waals surface area (Å²) >= 11 is 0. The molecule has 5 heteroatoms. The van der Waals surface area contributed by atoms with Gasteiger partial charge in [-0.1, -0.05) is 12.1 Å². The van der Waals surface area contributed by atoms with Gasteiger partial charge in [-0.05, 0) is 42.5 Å². The molecule has 0 bridgehead atoms. The van der Waals surface area contributed by atoms with Crippen molar-refractivity contribution in [1.82, 2.24) is 5.32 Å². The van der Waals surface area contributed by atoms with Gasteiger partial charge in [-0.3, -0.25) is 9.59 Å². The number of rotatable bonds is 6. The van der Waals surface area contributed by atoms with E-state index in [0.29, 0.717) is 11.5 Å². The molecule has 2 rings (SSSR count). The van der Waals surface area contributed by atoms with Crippen molar-refractivity contribution in [2.75, 3.05) is 6.54 Å². The lowest BCUT2D eigenvalue weighted by atomic mass is 10.1. The molecule has 0 saturated heterocycles. The van der Waals surface area contributed by atoms with Crippen LogP contribution in [0.1, 0.15) is 28.8 Å². The number of aliphatic hydroxyl groups is 1. The van der Waals surface area contributed by atoms with E-state index in [1.165, 1.54) is 6.08 Å². The second-order valence-corrected chi connectivity index (χ2v) is 4.97. The lowest BCUT2D eigenvalue weighted by Crippen LogP contribution is -2.31. The van der Waals surface area contributed by atoms with E-state index in [1.807, 2.05) is 0 Å². The molecular formula is C15H18N2O3. The molecule has 1 aliphatic rings. The van der Waals surface area contributed by atoms with Crippen molar-refractivity contribution in [3.8, 4) is 0 Å². The first-order valence-corrected chi connectivity index (χ1v) is 6.60. The van der Waals surface area contributed by atoms with Gasteiger partial charge in [0.1, 0.15) is 0 Å². The largest absolute Gasteiger partial charge is 0.391 e. The monoisotopic (exact) mass is 274 g/mol. The first kappa shape index (κ1) is 14.3. The number of aliphatic hydroxyl groups excluding tert-OH is 1. The number of benzene rings is 1. The van der Waals surface area contributed by atoms with E-state index in [2.05, 4.69) is 5.32 Å². The van der Waals surface area contributed by atoms with Crippen LogP contribution in [0.5, 0.6) is 0 Å². The Morgan fingerprint density at radius 2 is 2.00 bits per heavy atom. The van der Waals surface area contributed by atoms with Crippen LogP contribution in [0, 0.1) is 5.92 Å². The van der Waals surface area contributed by atoms with Gasteiger partial charge in [0.25, 0.3) is 0 Å². The minimum absolute atomic E-state index is 0.247. The van der Waals surface area contributed by atoms with Gasteiger partial charge < -0.3 is 16.2 Å². The third-order valence-electron chi connectivity index (χ3n) is 3.27. The normalized spacial score (nSPS) is 16.1. The molecule has 0 radical (unpaired) electrons. The fourth-order valence-electron chi connectivity index (χ4n) is 1.84. The Labute approximate surface area is 117 Å². The fraction of sp³-hybridized carbons (Fsp3) is 0.333. The molecule has 0 spiro atoms. The molecule has 4 N–H and O–H groups in total. The molecule has 0 heterocycles. The number of nitrogens with two attached hydrogens (primary N) is 1. The highest BCUT2D eigenvalue weighted by atomic mass is 16.3. The van der Waals surface area contributed by atoms with Crippen LogP contribution in [0.15, 0.2) is 30.3 Å². The van der Waals surface area contributed by atoms with Crippen LogP contribution in [-0.2, 0) is 4.79 Å². The standard InChI is InChI=1S/C15H18N2O3/c16-15(20)12-4-1-10(2-5-12)3-8-14(19)17-9-13(18)11-6-7-11/h1-5,8,11,13,18H,6-7,9H2,(H2,16,20)(H,17,19). The minimum Gasteiger partial charge on any atom is -0.391 e. The molecule has 1 fully saturated rings. The van der Waals surface area contributed by atoms with E-state index in [4.69, 9.17) is 5.73 Å². The molecule has 106 valence electrons. The Morgan fingerprint density at radius 1 is 1.35 bits per heavy atom. The van der Waals surface area contributed by atoms with E-state index in [-0.39, 0.29) is 12.5 Å². The summed E-state index contributed by atoms with van der Waals surface area (Å²) < 4.78 is 0. The molecule has 1 aromatic rings. The van der Waals surface area contributed by atoms with E-state index in [9.17, 15) is 14.7 Å². The summed E-state index contributed by atoms with van der Waals surface area (Å²) in [4.78, 5) is 22.5. The van der Waals surface area contributed by atoms with Gasteiger partial charge in [-0.15, -0.1) is 0 Å². The molecule has 1 aromatic carbocycles. The molecule has 1 atom stereocenters. The zero-order chi connectivity index (χ0) is 14.5. The first-order chi connectivity index (χ1) is 9.56. The van der Waals surface area contributed by atoms with Gasteiger partial charge in [0.15, 0.2) is 0 Å². The Bertz CT molecular complexity index is 518. The van der Waals surface area contributed by atoms with Crippen LogP contribution in [0.4, 0.5) is 0 Å². The summed E-state index contributed by atoms with van der Waals surface area (Å²) in [7, 11) is 0. The quantitative estimate of drug-likeness (QED) is 0.666. The predicted molar refractivity (Wildman–Crippen MR) is 75.7 cm³/mol. The SMILES string of the molecule is NC(=O)c1ccc(C=CC(=O)NCC(O)C2CC2)cc1. The van der Waals surface area contributed by atoms with Gasteiger partial charge in [0, 0.05) is 18.2 Å². The highest BCUT2D eigenvalue weighted by Crippen LogP contribution is 2.32. The second-order valence-electron chi connectivity index (χ2n) is 4.97. The summed E-state index contributed by atoms with van der Waals surface area (Å²) in [5.74, 6) is -0.378. The lowest BCUT2D eigenvalue weighted by Gasteiger charge is -2.08. The molecular weight excluding hydrogens is 256 g/mol. The van der Waals surface area contributed by atoms with Crippen LogP contribution in [0.2, 0.25) is 0 Å². The number of amides is 2. The maximum absolute atomic E-state index is 11.6. The Hall–Kier alpha value is -2.14. The zero-order valence-corrected chi connectivity index (χ0v) is 11.1. The van der Waals surface area contributed by atoms with Crippen LogP contribution >= 0.6 is 0 Å². The van der Waals surface area contributed by atoms with Crippen molar-refractivity contribution in [3.05, 3.63) is 41.5 Å². The number of primary amides is 1. The molecule has 0 aliphatic heterocycles. The second kappa shape index (κ2) is 6.34. The van der Waals surface area contributed by atoms with E-state index in [0.717, 1.165) is 18.4 Å². The third kappa shape index (κ3) is 4.20. The molecule has 0 aromatic heterocycles. The molecule has 1 aliphatic carbocycles. The van der Waals surface area contributed by atoms with Gasteiger partial charge in [0.05, 0.1) is 6.10 Å². The number of carbonyl (C=O) groups excluding carboxylic acids is 2. The highest BCUT2D eigenvalue weighted by Gasteiger charge is 2.29. The molecule has 20 heavy (non-hydrogen) atoms. The number of hydrogen-bond acceptors (Lipinski definition) is 3. The van der Waals surface area contributed by atoms with Crippen molar-refractivity contribution in [2.45, 2.75) is 18.9 Å². The molecule has 1 saturated carbocycles. The van der Waals surface area contributed by atoms with E-state index in [1.54, 1.807) is 30.3 Å². The molecule has 1 unspecified atom stereocenters. The predicted octanol–water partition coefficient (Wildman–Crippen LogP) is 0.686. The average molecular weight is 274 g/mol. The van der Waals surface area contributed by atoms with Crippen LogP contribution in [0.25, 0.3) is 6.08 Å². The van der Waals surface area contributed by atoms with Gasteiger partial charge in [-0.25, -0.2) is 0 Å². The number of hydrogen-bond donors (Lipinski definition) is 3. The minimum atomic E-state index is -0.479. The maximum Gasteiger partial charge on any atom is 0.248 e. The Morgan fingerprint density at radius 3 is 2.55 bits per heavy atom. The van der Waals surface area contributed by atoms with Crippen molar-refractivity contribution in [2.24, 2.45) is 11.7 Å². The van der Waals surface area contributed by atoms with E-state index < -0.39 is 12.0 Å².